The maximum absolute atomic E-state index is 5.74. The maximum Gasteiger partial charge on any atom is 0.197 e. The van der Waals surface area contributed by atoms with E-state index in [2.05, 4.69) is 22.1 Å². The van der Waals surface area contributed by atoms with Crippen molar-refractivity contribution in [2.24, 2.45) is 0 Å². The molecule has 1 saturated carbocycles. The molecule has 5 heteroatoms. The number of aromatic nitrogens is 3. The van der Waals surface area contributed by atoms with Gasteiger partial charge in [-0.3, -0.25) is 5.10 Å². The van der Waals surface area contributed by atoms with Crippen LogP contribution in [0.3, 0.4) is 0 Å². The van der Waals surface area contributed by atoms with Crippen LogP contribution in [0.2, 0.25) is 0 Å². The zero-order chi connectivity index (χ0) is 12.5. The first kappa shape index (κ1) is 11.3. The molecule has 0 aliphatic heterocycles. The highest BCUT2D eigenvalue weighted by molar-refractivity contribution is 5.30. The van der Waals surface area contributed by atoms with E-state index in [1.165, 1.54) is 0 Å². The van der Waals surface area contributed by atoms with Crippen molar-refractivity contribution in [2.45, 2.75) is 44.4 Å². The summed E-state index contributed by atoms with van der Waals surface area (Å²) in [5, 5.41) is 7.00. The van der Waals surface area contributed by atoms with E-state index in [0.29, 0.717) is 17.7 Å². The van der Waals surface area contributed by atoms with Crippen molar-refractivity contribution >= 4 is 5.82 Å². The average Bonchev–Trinajstić information content (AvgIpc) is 3.07. The number of aromatic amines is 1. The Bertz CT molecular complexity index is 531. The topological polar surface area (TPSA) is 80.7 Å². The maximum atomic E-state index is 5.74. The minimum atomic E-state index is 0.430. The van der Waals surface area contributed by atoms with Gasteiger partial charge in [-0.2, -0.15) is 5.10 Å². The smallest absolute Gasteiger partial charge is 0.197 e. The van der Waals surface area contributed by atoms with E-state index >= 15 is 0 Å². The zero-order valence-electron chi connectivity index (χ0n) is 10.5. The second kappa shape index (κ2) is 4.48. The molecule has 0 aromatic carbocycles. The van der Waals surface area contributed by atoms with Crippen molar-refractivity contribution in [3.63, 3.8) is 0 Å². The van der Waals surface area contributed by atoms with Crippen LogP contribution >= 0.6 is 0 Å². The van der Waals surface area contributed by atoms with Gasteiger partial charge in [-0.05, 0) is 19.3 Å². The van der Waals surface area contributed by atoms with Gasteiger partial charge in [-0.1, -0.05) is 6.92 Å². The van der Waals surface area contributed by atoms with Crippen LogP contribution < -0.4 is 5.73 Å². The number of aryl methyl sites for hydroxylation is 1. The van der Waals surface area contributed by atoms with Gasteiger partial charge in [-0.25, -0.2) is 4.98 Å². The van der Waals surface area contributed by atoms with Crippen LogP contribution in [-0.2, 0) is 6.42 Å². The summed E-state index contributed by atoms with van der Waals surface area (Å²) in [7, 11) is 0. The molecule has 18 heavy (non-hydrogen) atoms. The lowest BCUT2D eigenvalue weighted by Gasteiger charge is -2.06. The molecule has 2 aromatic heterocycles. The molecule has 0 spiro atoms. The highest BCUT2D eigenvalue weighted by Gasteiger charge is 2.30. The number of nitrogens with two attached hydrogens (primary N) is 1. The second-order valence-electron chi connectivity index (χ2n) is 4.97. The van der Waals surface area contributed by atoms with Crippen LogP contribution in [0.4, 0.5) is 5.82 Å². The van der Waals surface area contributed by atoms with Crippen LogP contribution in [0.5, 0.6) is 0 Å². The van der Waals surface area contributed by atoms with Gasteiger partial charge in [0, 0.05) is 30.0 Å². The Hall–Kier alpha value is -1.78. The standard InChI is InChI=1S/C13H18N4O/c1-2-10-7-15-13(18-10)9-4-3-8(5-9)11-6-12(14)17-16-11/h6-9H,2-5H2,1H3,(H3,14,16,17). The Balaban J connectivity index is 1.71. The predicted molar refractivity (Wildman–Crippen MR) is 68.2 cm³/mol. The van der Waals surface area contributed by atoms with Crippen LogP contribution in [0, 0.1) is 0 Å². The number of nitrogens with zero attached hydrogens (tertiary/aromatic N) is 2. The quantitative estimate of drug-likeness (QED) is 0.872. The molecule has 0 bridgehead atoms. The first-order valence-corrected chi connectivity index (χ1v) is 6.51. The highest BCUT2D eigenvalue weighted by Crippen LogP contribution is 2.42. The van der Waals surface area contributed by atoms with Crippen LogP contribution in [-0.4, -0.2) is 15.2 Å². The molecule has 1 fully saturated rings. The van der Waals surface area contributed by atoms with E-state index < -0.39 is 0 Å². The van der Waals surface area contributed by atoms with E-state index in [4.69, 9.17) is 10.2 Å². The molecule has 3 N–H and O–H groups in total. The summed E-state index contributed by atoms with van der Waals surface area (Å²) >= 11 is 0. The number of hydrogen-bond acceptors (Lipinski definition) is 4. The fourth-order valence-electron chi connectivity index (χ4n) is 2.73. The summed E-state index contributed by atoms with van der Waals surface area (Å²) < 4.78 is 5.74. The Morgan fingerprint density at radius 1 is 1.44 bits per heavy atom. The van der Waals surface area contributed by atoms with Crippen molar-refractivity contribution < 1.29 is 4.42 Å². The molecule has 1 aliphatic carbocycles. The van der Waals surface area contributed by atoms with Crippen molar-refractivity contribution in [1.82, 2.24) is 15.2 Å². The first-order valence-electron chi connectivity index (χ1n) is 6.51. The summed E-state index contributed by atoms with van der Waals surface area (Å²) in [6, 6.07) is 1.93. The molecule has 2 heterocycles. The minimum Gasteiger partial charge on any atom is -0.445 e. The van der Waals surface area contributed by atoms with Crippen LogP contribution in [0.1, 0.15) is 55.4 Å². The van der Waals surface area contributed by atoms with Gasteiger partial charge in [0.15, 0.2) is 5.89 Å². The van der Waals surface area contributed by atoms with Gasteiger partial charge in [0.05, 0.1) is 6.20 Å². The van der Waals surface area contributed by atoms with Gasteiger partial charge in [0.1, 0.15) is 11.6 Å². The van der Waals surface area contributed by atoms with Crippen molar-refractivity contribution in [2.75, 3.05) is 5.73 Å². The van der Waals surface area contributed by atoms with E-state index in [1.807, 2.05) is 12.3 Å². The van der Waals surface area contributed by atoms with Crippen molar-refractivity contribution in [3.05, 3.63) is 29.6 Å². The van der Waals surface area contributed by atoms with E-state index in [-0.39, 0.29) is 0 Å². The molecule has 96 valence electrons. The third kappa shape index (κ3) is 2.00. The third-order valence-electron chi connectivity index (χ3n) is 3.76. The fraction of sp³-hybridized carbons (Fsp3) is 0.538. The molecular weight excluding hydrogens is 228 g/mol. The van der Waals surface area contributed by atoms with E-state index in [1.54, 1.807) is 0 Å². The monoisotopic (exact) mass is 246 g/mol. The largest absolute Gasteiger partial charge is 0.445 e. The normalized spacial score (nSPS) is 23.6. The molecule has 2 unspecified atom stereocenters. The van der Waals surface area contributed by atoms with E-state index in [9.17, 15) is 0 Å². The Labute approximate surface area is 106 Å². The summed E-state index contributed by atoms with van der Waals surface area (Å²) in [4.78, 5) is 4.39. The summed E-state index contributed by atoms with van der Waals surface area (Å²) in [5.74, 6) is 3.36. The number of anilines is 1. The lowest BCUT2D eigenvalue weighted by Crippen LogP contribution is -1.96. The molecule has 0 saturated heterocycles. The highest BCUT2D eigenvalue weighted by atomic mass is 16.4. The van der Waals surface area contributed by atoms with Crippen molar-refractivity contribution in [1.29, 1.82) is 0 Å². The summed E-state index contributed by atoms with van der Waals surface area (Å²) in [6.45, 7) is 2.08. The first-order chi connectivity index (χ1) is 8.76. The average molecular weight is 246 g/mol. The molecular formula is C13H18N4O. The molecule has 0 radical (unpaired) electrons. The lowest BCUT2D eigenvalue weighted by molar-refractivity contribution is 0.420. The summed E-state index contributed by atoms with van der Waals surface area (Å²) in [6.07, 6.45) is 6.06. The zero-order valence-corrected chi connectivity index (χ0v) is 10.5. The van der Waals surface area contributed by atoms with Crippen LogP contribution in [0.25, 0.3) is 0 Å². The number of H-pyrrole nitrogens is 1. The molecule has 2 atom stereocenters. The van der Waals surface area contributed by atoms with Gasteiger partial charge < -0.3 is 10.2 Å². The van der Waals surface area contributed by atoms with Gasteiger partial charge in [0.2, 0.25) is 0 Å². The van der Waals surface area contributed by atoms with Crippen molar-refractivity contribution in [3.8, 4) is 0 Å². The second-order valence-corrected chi connectivity index (χ2v) is 4.97. The Kier molecular flexibility index (Phi) is 2.81. The lowest BCUT2D eigenvalue weighted by atomic mass is 10.0. The Morgan fingerprint density at radius 3 is 2.94 bits per heavy atom. The number of nitrogens with one attached hydrogen (secondary N) is 1. The molecule has 0 amide bonds. The van der Waals surface area contributed by atoms with Gasteiger partial charge in [0.25, 0.3) is 0 Å². The number of hydrogen-bond donors (Lipinski definition) is 2. The number of rotatable bonds is 3. The minimum absolute atomic E-state index is 0.430. The van der Waals surface area contributed by atoms with Gasteiger partial charge >= 0.3 is 0 Å². The molecule has 2 aromatic rings. The van der Waals surface area contributed by atoms with Gasteiger partial charge in [-0.15, -0.1) is 0 Å². The summed E-state index contributed by atoms with van der Waals surface area (Å²) in [5.41, 5.74) is 6.78. The number of nitrogen functional groups attached to an aromatic ring is 1. The fourth-order valence-corrected chi connectivity index (χ4v) is 2.73. The molecule has 3 rings (SSSR count). The number of oxazole rings is 1. The SMILES string of the molecule is CCc1cnc(C2CCC(c3cc(N)n[nH]3)C2)o1. The Morgan fingerprint density at radius 2 is 2.28 bits per heavy atom. The molecule has 1 aliphatic rings. The predicted octanol–water partition coefficient (Wildman–Crippen LogP) is 2.59. The third-order valence-corrected chi connectivity index (χ3v) is 3.76. The van der Waals surface area contributed by atoms with E-state index in [0.717, 1.165) is 43.0 Å². The molecule has 5 nitrogen and oxygen atoms in total. The van der Waals surface area contributed by atoms with Crippen LogP contribution in [0.15, 0.2) is 16.7 Å².